The van der Waals surface area contributed by atoms with Gasteiger partial charge in [-0.25, -0.2) is 0 Å². The lowest BCUT2D eigenvalue weighted by Gasteiger charge is -2.15. The Bertz CT molecular complexity index is 648. The van der Waals surface area contributed by atoms with Crippen LogP contribution in [-0.4, -0.2) is 35.6 Å². The molecule has 0 aromatic rings. The van der Waals surface area contributed by atoms with Gasteiger partial charge in [0.1, 0.15) is 12.6 Å². The third-order valence-electron chi connectivity index (χ3n) is 7.67. The largest absolute Gasteiger partial charge is 0.480 e. The molecule has 41 heavy (non-hydrogen) atoms. The fraction of sp³-hybridized carbons (Fsp3) is 0.857. The second-order valence-electron chi connectivity index (χ2n) is 11.8. The Kier molecular flexibility index (Phi) is 29.7. The van der Waals surface area contributed by atoms with Crippen LogP contribution in [0, 0.1) is 0 Å². The molecule has 0 saturated heterocycles. The van der Waals surface area contributed by atoms with Crippen molar-refractivity contribution in [2.45, 2.75) is 187 Å². The highest BCUT2D eigenvalue weighted by Gasteiger charge is 2.12. The van der Waals surface area contributed by atoms with Gasteiger partial charge in [0.2, 0.25) is 5.91 Å². The summed E-state index contributed by atoms with van der Waals surface area (Å²) in [7, 11) is 0. The molecule has 0 aromatic carbocycles. The van der Waals surface area contributed by atoms with Gasteiger partial charge in [0.25, 0.3) is 0 Å². The number of carbonyl (C=O) groups is 3. The first-order valence-corrected chi connectivity index (χ1v) is 17.3. The van der Waals surface area contributed by atoms with Gasteiger partial charge in [-0.1, -0.05) is 142 Å². The molecule has 2 N–H and O–H groups in total. The standard InChI is InChI=1S/C35H65NO5/c1-3-5-7-9-10-11-12-13-14-15-16-17-18-19-20-26-30-35(40)41-32(27-23-8-6-4-2)28-24-21-22-25-29-33(37)36-31-34(38)39/h23,27,32H,3-22,24-26,28-31H2,1-2H3,(H,36,37)(H,38,39)/b27-23-. The number of hydrogen-bond acceptors (Lipinski definition) is 4. The highest BCUT2D eigenvalue weighted by atomic mass is 16.5. The maximum absolute atomic E-state index is 12.5. The van der Waals surface area contributed by atoms with Crippen LogP contribution in [0.2, 0.25) is 0 Å². The van der Waals surface area contributed by atoms with Crippen LogP contribution in [0.4, 0.5) is 0 Å². The first kappa shape index (κ1) is 39.1. The van der Waals surface area contributed by atoms with Crippen molar-refractivity contribution < 1.29 is 24.2 Å². The SMILES string of the molecule is CCCC/C=C\C(CCCCCCC(=O)NCC(=O)O)OC(=O)CCCCCCCCCCCCCCCCCC. The van der Waals surface area contributed by atoms with E-state index in [0.717, 1.165) is 64.2 Å². The molecule has 0 aliphatic carbocycles. The van der Waals surface area contributed by atoms with E-state index in [1.54, 1.807) is 0 Å². The van der Waals surface area contributed by atoms with Crippen molar-refractivity contribution in [2.24, 2.45) is 0 Å². The molecule has 0 saturated carbocycles. The maximum Gasteiger partial charge on any atom is 0.322 e. The number of ether oxygens (including phenoxy) is 1. The van der Waals surface area contributed by atoms with Crippen LogP contribution >= 0.6 is 0 Å². The van der Waals surface area contributed by atoms with E-state index >= 15 is 0 Å². The van der Waals surface area contributed by atoms with Crippen LogP contribution in [0.1, 0.15) is 181 Å². The van der Waals surface area contributed by atoms with Gasteiger partial charge in [0.15, 0.2) is 0 Å². The zero-order valence-corrected chi connectivity index (χ0v) is 26.9. The van der Waals surface area contributed by atoms with E-state index < -0.39 is 5.97 Å². The van der Waals surface area contributed by atoms with Crippen LogP contribution in [0.5, 0.6) is 0 Å². The van der Waals surface area contributed by atoms with E-state index in [4.69, 9.17) is 9.84 Å². The molecule has 0 spiro atoms. The Morgan fingerprint density at radius 1 is 0.634 bits per heavy atom. The Morgan fingerprint density at radius 3 is 1.61 bits per heavy atom. The highest BCUT2D eigenvalue weighted by Crippen LogP contribution is 2.16. The number of rotatable bonds is 31. The smallest absolute Gasteiger partial charge is 0.322 e. The molecular weight excluding hydrogens is 514 g/mol. The van der Waals surface area contributed by atoms with E-state index in [1.165, 1.54) is 89.9 Å². The summed E-state index contributed by atoms with van der Waals surface area (Å²) in [5, 5.41) is 11.0. The fourth-order valence-electron chi connectivity index (χ4n) is 5.06. The van der Waals surface area contributed by atoms with Crippen molar-refractivity contribution in [1.29, 1.82) is 0 Å². The maximum atomic E-state index is 12.5. The Labute approximate surface area is 252 Å². The number of hydrogen-bond donors (Lipinski definition) is 2. The van der Waals surface area contributed by atoms with Gasteiger partial charge in [-0.3, -0.25) is 14.4 Å². The molecule has 1 amide bonds. The highest BCUT2D eigenvalue weighted by molar-refractivity contribution is 5.80. The van der Waals surface area contributed by atoms with E-state index in [9.17, 15) is 14.4 Å². The predicted molar refractivity (Wildman–Crippen MR) is 171 cm³/mol. The lowest BCUT2D eigenvalue weighted by molar-refractivity contribution is -0.147. The summed E-state index contributed by atoms with van der Waals surface area (Å²) in [5.41, 5.74) is 0. The molecule has 0 radical (unpaired) electrons. The molecule has 1 unspecified atom stereocenters. The van der Waals surface area contributed by atoms with Crippen molar-refractivity contribution in [3.8, 4) is 0 Å². The van der Waals surface area contributed by atoms with Crippen LogP contribution < -0.4 is 5.32 Å². The number of allylic oxidation sites excluding steroid dienone is 1. The lowest BCUT2D eigenvalue weighted by Crippen LogP contribution is -2.28. The molecule has 240 valence electrons. The van der Waals surface area contributed by atoms with Crippen LogP contribution in [0.3, 0.4) is 0 Å². The second-order valence-corrected chi connectivity index (χ2v) is 11.8. The number of amides is 1. The van der Waals surface area contributed by atoms with Crippen LogP contribution in [-0.2, 0) is 19.1 Å². The van der Waals surface area contributed by atoms with Crippen molar-refractivity contribution in [3.05, 3.63) is 12.2 Å². The summed E-state index contributed by atoms with van der Waals surface area (Å²) in [6.07, 6.45) is 33.7. The Balaban J connectivity index is 3.86. The molecular formula is C35H65NO5. The van der Waals surface area contributed by atoms with Gasteiger partial charge in [-0.2, -0.15) is 0 Å². The summed E-state index contributed by atoms with van der Waals surface area (Å²) in [4.78, 5) is 34.6. The first-order valence-electron chi connectivity index (χ1n) is 17.3. The minimum Gasteiger partial charge on any atom is -0.480 e. The number of carboxylic acid groups (broad SMARTS) is 1. The van der Waals surface area contributed by atoms with Gasteiger partial charge >= 0.3 is 11.9 Å². The zero-order chi connectivity index (χ0) is 30.2. The normalized spacial score (nSPS) is 12.0. The number of carboxylic acids is 1. The van der Waals surface area contributed by atoms with Crippen LogP contribution in [0.15, 0.2) is 12.2 Å². The van der Waals surface area contributed by atoms with E-state index in [0.29, 0.717) is 12.8 Å². The molecule has 0 heterocycles. The number of unbranched alkanes of at least 4 members (excludes halogenated alkanes) is 20. The first-order chi connectivity index (χ1) is 20.0. The fourth-order valence-corrected chi connectivity index (χ4v) is 5.06. The number of nitrogens with one attached hydrogen (secondary N) is 1. The number of aliphatic carboxylic acids is 1. The molecule has 0 aliphatic heterocycles. The minimum atomic E-state index is -1.03. The van der Waals surface area contributed by atoms with Crippen LogP contribution in [0.25, 0.3) is 0 Å². The topological polar surface area (TPSA) is 92.7 Å². The molecule has 0 rings (SSSR count). The molecule has 6 nitrogen and oxygen atoms in total. The monoisotopic (exact) mass is 579 g/mol. The van der Waals surface area contributed by atoms with Gasteiger partial charge in [0, 0.05) is 12.8 Å². The predicted octanol–water partition coefficient (Wildman–Crippen LogP) is 9.84. The van der Waals surface area contributed by atoms with E-state index in [2.05, 4.69) is 31.3 Å². The molecule has 0 aromatic heterocycles. The third kappa shape index (κ3) is 30.9. The van der Waals surface area contributed by atoms with Gasteiger partial charge < -0.3 is 15.2 Å². The van der Waals surface area contributed by atoms with Gasteiger partial charge in [-0.05, 0) is 38.2 Å². The quantitative estimate of drug-likeness (QED) is 0.0484. The summed E-state index contributed by atoms with van der Waals surface area (Å²) in [6, 6.07) is 0. The molecule has 6 heteroatoms. The van der Waals surface area contributed by atoms with Crippen molar-refractivity contribution in [2.75, 3.05) is 6.54 Å². The lowest BCUT2D eigenvalue weighted by atomic mass is 10.0. The Hall–Kier alpha value is -1.85. The average Bonchev–Trinajstić information content (AvgIpc) is 2.95. The summed E-state index contributed by atoms with van der Waals surface area (Å²) >= 11 is 0. The van der Waals surface area contributed by atoms with Crippen molar-refractivity contribution >= 4 is 17.8 Å². The van der Waals surface area contributed by atoms with E-state index in [-0.39, 0.29) is 24.5 Å². The van der Waals surface area contributed by atoms with Crippen molar-refractivity contribution in [3.63, 3.8) is 0 Å². The van der Waals surface area contributed by atoms with Gasteiger partial charge in [0.05, 0.1) is 0 Å². The average molecular weight is 580 g/mol. The summed E-state index contributed by atoms with van der Waals surface area (Å²) in [5.74, 6) is -1.33. The Morgan fingerprint density at radius 2 is 1.10 bits per heavy atom. The minimum absolute atomic E-state index is 0.0874. The zero-order valence-electron chi connectivity index (χ0n) is 26.9. The van der Waals surface area contributed by atoms with E-state index in [1.807, 2.05) is 0 Å². The van der Waals surface area contributed by atoms with Gasteiger partial charge in [-0.15, -0.1) is 0 Å². The molecule has 0 fully saturated rings. The second kappa shape index (κ2) is 31.1. The molecule has 0 bridgehead atoms. The summed E-state index contributed by atoms with van der Waals surface area (Å²) in [6.45, 7) is 4.12. The number of esters is 1. The third-order valence-corrected chi connectivity index (χ3v) is 7.67. The number of carbonyl (C=O) groups excluding carboxylic acids is 2. The molecule has 1 atom stereocenters. The molecule has 0 aliphatic rings. The van der Waals surface area contributed by atoms with Crippen molar-refractivity contribution in [1.82, 2.24) is 5.32 Å². The summed E-state index contributed by atoms with van der Waals surface area (Å²) < 4.78 is 5.81.